The predicted octanol–water partition coefficient (Wildman–Crippen LogP) is 3.45. The van der Waals surface area contributed by atoms with Crippen LogP contribution in [0.2, 0.25) is 0 Å². The highest BCUT2D eigenvalue weighted by Gasteiger charge is 2.14. The topological polar surface area (TPSA) is 64.0 Å². The average Bonchev–Trinajstić information content (AvgIpc) is 2.56. The van der Waals surface area contributed by atoms with Crippen molar-refractivity contribution < 1.29 is 4.79 Å². The minimum Gasteiger partial charge on any atom is -0.353 e. The molecular formula is C19H27N3O2S. The maximum atomic E-state index is 12.8. The van der Waals surface area contributed by atoms with Crippen LogP contribution in [0.1, 0.15) is 40.5 Å². The molecule has 0 fully saturated rings. The highest BCUT2D eigenvalue weighted by Crippen LogP contribution is 2.18. The van der Waals surface area contributed by atoms with Crippen LogP contribution in [0.5, 0.6) is 0 Å². The van der Waals surface area contributed by atoms with Gasteiger partial charge in [0, 0.05) is 12.6 Å². The first-order valence-corrected chi connectivity index (χ1v) is 9.82. The van der Waals surface area contributed by atoms with Gasteiger partial charge in [0.2, 0.25) is 5.91 Å². The average molecular weight is 362 g/mol. The number of amides is 1. The van der Waals surface area contributed by atoms with Crippen molar-refractivity contribution in [3.05, 3.63) is 34.6 Å². The first kappa shape index (κ1) is 19.5. The Bertz CT molecular complexity index is 786. The summed E-state index contributed by atoms with van der Waals surface area (Å²) < 4.78 is 1.69. The Balaban J connectivity index is 2.23. The molecule has 2 aromatic rings. The second-order valence-corrected chi connectivity index (χ2v) is 7.71. The van der Waals surface area contributed by atoms with Crippen LogP contribution in [0.4, 0.5) is 0 Å². The van der Waals surface area contributed by atoms with Crippen molar-refractivity contribution in [3.8, 4) is 0 Å². The fraction of sp³-hybridized carbons (Fsp3) is 0.526. The molecule has 0 spiro atoms. The van der Waals surface area contributed by atoms with Crippen LogP contribution in [0, 0.1) is 5.92 Å². The zero-order chi connectivity index (χ0) is 18.4. The lowest BCUT2D eigenvalue weighted by atomic mass is 10.2. The van der Waals surface area contributed by atoms with Crippen LogP contribution in [-0.2, 0) is 11.3 Å². The van der Waals surface area contributed by atoms with Crippen LogP contribution < -0.4 is 10.9 Å². The number of fused-ring (bicyclic) bond motifs is 1. The smallest absolute Gasteiger partial charge is 0.262 e. The van der Waals surface area contributed by atoms with Crippen molar-refractivity contribution in [1.29, 1.82) is 0 Å². The van der Waals surface area contributed by atoms with E-state index in [4.69, 9.17) is 0 Å². The molecule has 136 valence electrons. The van der Waals surface area contributed by atoms with E-state index in [1.807, 2.05) is 25.1 Å². The van der Waals surface area contributed by atoms with Crippen molar-refractivity contribution in [2.24, 2.45) is 5.92 Å². The van der Waals surface area contributed by atoms with Crippen LogP contribution in [-0.4, -0.2) is 27.3 Å². The molecule has 1 aromatic carbocycles. The summed E-state index contributed by atoms with van der Waals surface area (Å²) in [6.07, 6.45) is 2.00. The molecule has 6 heteroatoms. The summed E-state index contributed by atoms with van der Waals surface area (Å²) in [7, 11) is 0. The molecule has 1 amide bonds. The van der Waals surface area contributed by atoms with Crippen molar-refractivity contribution >= 4 is 28.6 Å². The summed E-state index contributed by atoms with van der Waals surface area (Å²) in [6.45, 7) is 8.83. The fourth-order valence-electron chi connectivity index (χ4n) is 2.74. The Labute approximate surface area is 153 Å². The number of hydrogen-bond donors (Lipinski definition) is 1. The second kappa shape index (κ2) is 9.04. The molecule has 0 bridgehead atoms. The summed E-state index contributed by atoms with van der Waals surface area (Å²) in [5, 5.41) is 4.21. The largest absolute Gasteiger partial charge is 0.353 e. The van der Waals surface area contributed by atoms with E-state index in [0.29, 0.717) is 28.5 Å². The number of nitrogens with one attached hydrogen (secondary N) is 1. The highest BCUT2D eigenvalue weighted by molar-refractivity contribution is 7.99. The van der Waals surface area contributed by atoms with Crippen LogP contribution >= 0.6 is 11.8 Å². The van der Waals surface area contributed by atoms with Gasteiger partial charge in [-0.05, 0) is 31.4 Å². The van der Waals surface area contributed by atoms with Gasteiger partial charge in [0.15, 0.2) is 5.16 Å². The Morgan fingerprint density at radius 3 is 2.68 bits per heavy atom. The maximum absolute atomic E-state index is 12.8. The minimum atomic E-state index is -0.0402. The number of nitrogens with zero attached hydrogens (tertiary/aromatic N) is 2. The summed E-state index contributed by atoms with van der Waals surface area (Å²) in [4.78, 5) is 29.6. The van der Waals surface area contributed by atoms with Gasteiger partial charge in [-0.15, -0.1) is 0 Å². The predicted molar refractivity (Wildman–Crippen MR) is 104 cm³/mol. The van der Waals surface area contributed by atoms with Crippen molar-refractivity contribution in [2.45, 2.75) is 58.3 Å². The number of carbonyl (C=O) groups excluding carboxylic acids is 1. The van der Waals surface area contributed by atoms with Crippen molar-refractivity contribution in [2.75, 3.05) is 5.75 Å². The normalized spacial score (nSPS) is 12.5. The van der Waals surface area contributed by atoms with Gasteiger partial charge in [0.25, 0.3) is 5.56 Å². The number of aromatic nitrogens is 2. The second-order valence-electron chi connectivity index (χ2n) is 6.77. The van der Waals surface area contributed by atoms with Gasteiger partial charge in [-0.1, -0.05) is 51.1 Å². The van der Waals surface area contributed by atoms with Gasteiger partial charge < -0.3 is 5.32 Å². The third-order valence-corrected chi connectivity index (χ3v) is 4.81. The highest BCUT2D eigenvalue weighted by atomic mass is 32.2. The molecule has 1 heterocycles. The molecule has 1 atom stereocenters. The van der Waals surface area contributed by atoms with Gasteiger partial charge in [-0.2, -0.15) is 0 Å². The number of carbonyl (C=O) groups is 1. The lowest BCUT2D eigenvalue weighted by molar-refractivity contribution is -0.119. The molecular weight excluding hydrogens is 334 g/mol. The third-order valence-electron chi connectivity index (χ3n) is 3.84. The van der Waals surface area contributed by atoms with E-state index in [1.54, 1.807) is 10.6 Å². The molecule has 1 unspecified atom stereocenters. The molecule has 0 aliphatic rings. The Kier molecular flexibility index (Phi) is 7.05. The summed E-state index contributed by atoms with van der Waals surface area (Å²) in [6, 6.07) is 7.52. The van der Waals surface area contributed by atoms with Crippen LogP contribution in [0.3, 0.4) is 0 Å². The summed E-state index contributed by atoms with van der Waals surface area (Å²) in [5.41, 5.74) is 0.635. The van der Waals surface area contributed by atoms with Gasteiger partial charge in [0.05, 0.1) is 16.7 Å². The monoisotopic (exact) mass is 361 g/mol. The van der Waals surface area contributed by atoms with E-state index in [-0.39, 0.29) is 23.3 Å². The van der Waals surface area contributed by atoms with E-state index >= 15 is 0 Å². The standard InChI is InChI=1S/C19H27N3O2S/c1-5-8-14(4)20-17(23)12-25-19-21-16-10-7-6-9-15(16)18(24)22(19)11-13(2)3/h6-7,9-10,13-14H,5,8,11-12H2,1-4H3,(H,20,23). The molecule has 0 radical (unpaired) electrons. The third kappa shape index (κ3) is 5.33. The first-order valence-electron chi connectivity index (χ1n) is 8.84. The van der Waals surface area contributed by atoms with E-state index in [2.05, 4.69) is 31.1 Å². The lowest BCUT2D eigenvalue weighted by Crippen LogP contribution is -2.34. The maximum Gasteiger partial charge on any atom is 0.262 e. The number of thioether (sulfide) groups is 1. The summed E-state index contributed by atoms with van der Waals surface area (Å²) >= 11 is 1.33. The van der Waals surface area contributed by atoms with Gasteiger partial charge >= 0.3 is 0 Å². The Morgan fingerprint density at radius 2 is 2.00 bits per heavy atom. The molecule has 2 rings (SSSR count). The first-order chi connectivity index (χ1) is 11.9. The van der Waals surface area contributed by atoms with Crippen molar-refractivity contribution in [1.82, 2.24) is 14.9 Å². The molecule has 0 aliphatic carbocycles. The van der Waals surface area contributed by atoms with E-state index in [9.17, 15) is 9.59 Å². The lowest BCUT2D eigenvalue weighted by Gasteiger charge is -2.16. The Morgan fingerprint density at radius 1 is 1.28 bits per heavy atom. The minimum absolute atomic E-state index is 0.0237. The van der Waals surface area contributed by atoms with Gasteiger partial charge in [-0.25, -0.2) is 4.98 Å². The molecule has 0 saturated heterocycles. The van der Waals surface area contributed by atoms with E-state index in [0.717, 1.165) is 12.8 Å². The number of rotatable bonds is 8. The SMILES string of the molecule is CCCC(C)NC(=O)CSc1nc2ccccc2c(=O)n1CC(C)C. The van der Waals surface area contributed by atoms with Gasteiger partial charge in [0.1, 0.15) is 0 Å². The van der Waals surface area contributed by atoms with Crippen LogP contribution in [0.25, 0.3) is 10.9 Å². The Hall–Kier alpha value is -1.82. The zero-order valence-electron chi connectivity index (χ0n) is 15.4. The molecule has 1 N–H and O–H groups in total. The fourth-order valence-corrected chi connectivity index (χ4v) is 3.56. The zero-order valence-corrected chi connectivity index (χ0v) is 16.2. The summed E-state index contributed by atoms with van der Waals surface area (Å²) in [5.74, 6) is 0.555. The van der Waals surface area contributed by atoms with Gasteiger partial charge in [-0.3, -0.25) is 14.2 Å². The molecule has 25 heavy (non-hydrogen) atoms. The number of benzene rings is 1. The van der Waals surface area contributed by atoms with Crippen LogP contribution in [0.15, 0.2) is 34.2 Å². The molecule has 5 nitrogen and oxygen atoms in total. The van der Waals surface area contributed by atoms with E-state index < -0.39 is 0 Å². The van der Waals surface area contributed by atoms with Crippen molar-refractivity contribution in [3.63, 3.8) is 0 Å². The quantitative estimate of drug-likeness (QED) is 0.578. The molecule has 0 aliphatic heterocycles. The number of para-hydroxylation sites is 1. The number of hydrogen-bond acceptors (Lipinski definition) is 4. The molecule has 0 saturated carbocycles. The van der Waals surface area contributed by atoms with E-state index in [1.165, 1.54) is 11.8 Å². The molecule has 1 aromatic heterocycles.